The highest BCUT2D eigenvalue weighted by molar-refractivity contribution is 5.81. The number of rotatable bonds is 4. The van der Waals surface area contributed by atoms with E-state index in [1.54, 1.807) is 6.33 Å². The number of nitrogens with zero attached hydrogens (tertiary/aromatic N) is 3. The Hall–Kier alpha value is -1.95. The molecule has 0 saturated heterocycles. The van der Waals surface area contributed by atoms with Crippen LogP contribution in [0.4, 0.5) is 5.82 Å². The number of aliphatic hydroxyl groups excluding tert-OH is 1. The molecule has 0 aliphatic rings. The predicted molar refractivity (Wildman–Crippen MR) is 56.4 cm³/mol. The second-order valence-electron chi connectivity index (χ2n) is 3.01. The van der Waals surface area contributed by atoms with Crippen LogP contribution in [0.15, 0.2) is 25.3 Å². The van der Waals surface area contributed by atoms with Gasteiger partial charge in [-0.3, -0.25) is 0 Å². The van der Waals surface area contributed by atoms with Gasteiger partial charge in [-0.15, -0.1) is 6.58 Å². The molecule has 78 valence electrons. The van der Waals surface area contributed by atoms with E-state index in [4.69, 9.17) is 0 Å². The van der Waals surface area contributed by atoms with Crippen molar-refractivity contribution in [3.05, 3.63) is 25.3 Å². The maximum atomic E-state index is 9.29. The van der Waals surface area contributed by atoms with Crippen molar-refractivity contribution < 1.29 is 5.11 Å². The molecule has 2 heterocycles. The van der Waals surface area contributed by atoms with Crippen LogP contribution in [0.5, 0.6) is 0 Å². The van der Waals surface area contributed by atoms with Gasteiger partial charge in [0.1, 0.15) is 11.8 Å². The fourth-order valence-corrected chi connectivity index (χ4v) is 1.18. The Labute approximate surface area is 86.1 Å². The first-order chi connectivity index (χ1) is 7.31. The molecule has 0 bridgehead atoms. The fourth-order valence-electron chi connectivity index (χ4n) is 1.18. The molecule has 0 amide bonds. The summed E-state index contributed by atoms with van der Waals surface area (Å²) in [6.07, 6.45) is 3.83. The number of nitrogens with one attached hydrogen (secondary N) is 2. The zero-order valence-electron chi connectivity index (χ0n) is 8.01. The van der Waals surface area contributed by atoms with E-state index in [9.17, 15) is 5.11 Å². The molecule has 1 unspecified atom stereocenters. The Morgan fingerprint density at radius 2 is 2.40 bits per heavy atom. The van der Waals surface area contributed by atoms with Crippen molar-refractivity contribution in [2.24, 2.45) is 0 Å². The van der Waals surface area contributed by atoms with E-state index >= 15 is 0 Å². The molecule has 2 rings (SSSR count). The van der Waals surface area contributed by atoms with Gasteiger partial charge in [0.15, 0.2) is 11.5 Å². The van der Waals surface area contributed by atoms with E-state index < -0.39 is 6.10 Å². The monoisotopic (exact) mass is 205 g/mol. The number of H-pyrrole nitrogens is 1. The number of hydrogen-bond acceptors (Lipinski definition) is 5. The lowest BCUT2D eigenvalue weighted by Gasteiger charge is -2.07. The van der Waals surface area contributed by atoms with Crippen LogP contribution in [0.1, 0.15) is 0 Å². The number of fused-ring (bicyclic) bond motifs is 1. The van der Waals surface area contributed by atoms with Crippen molar-refractivity contribution in [3.8, 4) is 0 Å². The van der Waals surface area contributed by atoms with Gasteiger partial charge in [0.05, 0.1) is 12.4 Å². The molecular formula is C9H11N5O. The van der Waals surface area contributed by atoms with Crippen molar-refractivity contribution in [1.82, 2.24) is 19.9 Å². The molecule has 0 radical (unpaired) electrons. The minimum Gasteiger partial charge on any atom is -0.387 e. The summed E-state index contributed by atoms with van der Waals surface area (Å²) >= 11 is 0. The van der Waals surface area contributed by atoms with Gasteiger partial charge in [-0.1, -0.05) is 6.08 Å². The topological polar surface area (TPSA) is 86.7 Å². The van der Waals surface area contributed by atoms with Crippen LogP contribution in [0.25, 0.3) is 11.2 Å². The molecule has 3 N–H and O–H groups in total. The predicted octanol–water partition coefficient (Wildman–Crippen LogP) is 0.312. The summed E-state index contributed by atoms with van der Waals surface area (Å²) in [6, 6.07) is 0. The number of hydrogen-bond donors (Lipinski definition) is 3. The lowest BCUT2D eigenvalue weighted by Crippen LogP contribution is -2.17. The van der Waals surface area contributed by atoms with Crippen molar-refractivity contribution in [2.75, 3.05) is 11.9 Å². The lowest BCUT2D eigenvalue weighted by molar-refractivity contribution is 0.237. The first kappa shape index (κ1) is 9.60. The van der Waals surface area contributed by atoms with Crippen LogP contribution in [0, 0.1) is 0 Å². The van der Waals surface area contributed by atoms with Gasteiger partial charge in [-0.05, 0) is 0 Å². The number of anilines is 1. The summed E-state index contributed by atoms with van der Waals surface area (Å²) < 4.78 is 0. The van der Waals surface area contributed by atoms with Crippen LogP contribution < -0.4 is 5.32 Å². The molecule has 1 atom stereocenters. The van der Waals surface area contributed by atoms with Crippen LogP contribution in [0.3, 0.4) is 0 Å². The second-order valence-corrected chi connectivity index (χ2v) is 3.01. The van der Waals surface area contributed by atoms with E-state index in [0.717, 1.165) is 5.52 Å². The Kier molecular flexibility index (Phi) is 2.59. The van der Waals surface area contributed by atoms with E-state index in [1.807, 2.05) is 0 Å². The van der Waals surface area contributed by atoms with E-state index in [-0.39, 0.29) is 0 Å². The molecule has 6 nitrogen and oxygen atoms in total. The zero-order valence-corrected chi connectivity index (χ0v) is 8.01. The van der Waals surface area contributed by atoms with Gasteiger partial charge < -0.3 is 15.4 Å². The third-order valence-electron chi connectivity index (χ3n) is 1.97. The largest absolute Gasteiger partial charge is 0.387 e. The van der Waals surface area contributed by atoms with Crippen molar-refractivity contribution in [2.45, 2.75) is 6.10 Å². The first-order valence-corrected chi connectivity index (χ1v) is 4.50. The first-order valence-electron chi connectivity index (χ1n) is 4.50. The molecule has 6 heteroatoms. The van der Waals surface area contributed by atoms with Gasteiger partial charge in [0, 0.05) is 6.54 Å². The molecule has 0 aliphatic heterocycles. The van der Waals surface area contributed by atoms with E-state index in [1.165, 1.54) is 12.4 Å². The molecule has 0 aromatic carbocycles. The SMILES string of the molecule is C=CC(O)CNc1ncnc2nc[nH]c12. The second kappa shape index (κ2) is 4.05. The number of aromatic amines is 1. The minimum atomic E-state index is -0.599. The summed E-state index contributed by atoms with van der Waals surface area (Å²) in [6.45, 7) is 3.84. The molecule has 15 heavy (non-hydrogen) atoms. The van der Waals surface area contributed by atoms with Gasteiger partial charge in [-0.25, -0.2) is 15.0 Å². The molecule has 0 fully saturated rings. The molecular weight excluding hydrogens is 194 g/mol. The Morgan fingerprint density at radius 3 is 3.20 bits per heavy atom. The van der Waals surface area contributed by atoms with Crippen LogP contribution in [-0.2, 0) is 0 Å². The molecule has 0 aliphatic carbocycles. The van der Waals surface area contributed by atoms with E-state index in [2.05, 4.69) is 31.8 Å². The molecule has 2 aromatic rings. The number of imidazole rings is 1. The number of aromatic nitrogens is 4. The summed E-state index contributed by atoms with van der Waals surface area (Å²) in [4.78, 5) is 14.9. The number of aliphatic hydroxyl groups is 1. The van der Waals surface area contributed by atoms with E-state index in [0.29, 0.717) is 18.0 Å². The molecule has 2 aromatic heterocycles. The van der Waals surface area contributed by atoms with Crippen molar-refractivity contribution in [3.63, 3.8) is 0 Å². The highest BCUT2D eigenvalue weighted by Crippen LogP contribution is 2.13. The summed E-state index contributed by atoms with van der Waals surface area (Å²) in [5, 5.41) is 12.3. The smallest absolute Gasteiger partial charge is 0.182 e. The standard InChI is InChI=1S/C9H11N5O/c1-2-6(15)3-10-8-7-9(12-4-11-7)14-5-13-8/h2,4-6,15H,1,3H2,(H2,10,11,12,13,14). The van der Waals surface area contributed by atoms with Gasteiger partial charge in [0.25, 0.3) is 0 Å². The summed E-state index contributed by atoms with van der Waals surface area (Å²) in [5.74, 6) is 0.624. The maximum Gasteiger partial charge on any atom is 0.182 e. The highest BCUT2D eigenvalue weighted by atomic mass is 16.3. The third-order valence-corrected chi connectivity index (χ3v) is 1.97. The summed E-state index contributed by atoms with van der Waals surface area (Å²) in [5.41, 5.74) is 1.33. The lowest BCUT2D eigenvalue weighted by atomic mass is 10.3. The fraction of sp³-hybridized carbons (Fsp3) is 0.222. The van der Waals surface area contributed by atoms with Gasteiger partial charge in [-0.2, -0.15) is 0 Å². The Bertz CT molecular complexity index is 466. The van der Waals surface area contributed by atoms with Crippen molar-refractivity contribution >= 4 is 17.0 Å². The van der Waals surface area contributed by atoms with Crippen LogP contribution in [-0.4, -0.2) is 37.7 Å². The summed E-state index contributed by atoms with van der Waals surface area (Å²) in [7, 11) is 0. The van der Waals surface area contributed by atoms with Gasteiger partial charge >= 0.3 is 0 Å². The average Bonchev–Trinajstić information content (AvgIpc) is 2.74. The molecule has 0 saturated carbocycles. The Morgan fingerprint density at radius 1 is 1.53 bits per heavy atom. The van der Waals surface area contributed by atoms with Crippen LogP contribution >= 0.6 is 0 Å². The minimum absolute atomic E-state index is 0.356. The zero-order chi connectivity index (χ0) is 10.7. The van der Waals surface area contributed by atoms with Crippen molar-refractivity contribution in [1.29, 1.82) is 0 Å². The maximum absolute atomic E-state index is 9.29. The van der Waals surface area contributed by atoms with Gasteiger partial charge in [0.2, 0.25) is 0 Å². The van der Waals surface area contributed by atoms with Crippen LogP contribution in [0.2, 0.25) is 0 Å². The Balaban J connectivity index is 2.20. The average molecular weight is 205 g/mol. The quantitative estimate of drug-likeness (QED) is 0.625. The highest BCUT2D eigenvalue weighted by Gasteiger charge is 2.05. The normalized spacial score (nSPS) is 12.6. The molecule has 0 spiro atoms. The third kappa shape index (κ3) is 1.94.